The molecule has 1 aliphatic rings. The fourth-order valence-corrected chi connectivity index (χ4v) is 5.08. The van der Waals surface area contributed by atoms with Crippen molar-refractivity contribution in [3.05, 3.63) is 22.4 Å². The van der Waals surface area contributed by atoms with Crippen LogP contribution in [0, 0.1) is 11.8 Å². The van der Waals surface area contributed by atoms with E-state index in [0.29, 0.717) is 5.75 Å². The van der Waals surface area contributed by atoms with Gasteiger partial charge in [0, 0.05) is 6.61 Å². The molecule has 0 bridgehead atoms. The van der Waals surface area contributed by atoms with Gasteiger partial charge in [0.25, 0.3) is 0 Å². The lowest BCUT2D eigenvalue weighted by atomic mass is 9.88. The van der Waals surface area contributed by atoms with Gasteiger partial charge in [-0.3, -0.25) is 0 Å². The highest BCUT2D eigenvalue weighted by molar-refractivity contribution is 7.91. The van der Waals surface area contributed by atoms with Crippen LogP contribution in [0.3, 0.4) is 0 Å². The second-order valence-corrected chi connectivity index (χ2v) is 7.78. The van der Waals surface area contributed by atoms with E-state index < -0.39 is 9.84 Å². The Kier molecular flexibility index (Phi) is 4.22. The molecule has 1 saturated heterocycles. The number of rotatable bonds is 5. The largest absolute Gasteiger partial charge is 0.396 e. The number of thiophene rings is 1. The molecule has 17 heavy (non-hydrogen) atoms. The summed E-state index contributed by atoms with van der Waals surface area (Å²) in [5.41, 5.74) is 1.29. The maximum absolute atomic E-state index is 11.4. The van der Waals surface area contributed by atoms with Gasteiger partial charge in [-0.15, -0.1) is 0 Å². The molecule has 3 nitrogen and oxygen atoms in total. The summed E-state index contributed by atoms with van der Waals surface area (Å²) in [6.07, 6.45) is 2.54. The molecular formula is C12H18O3S2. The summed E-state index contributed by atoms with van der Waals surface area (Å²) in [7, 11) is -2.83. The monoisotopic (exact) mass is 274 g/mol. The quantitative estimate of drug-likeness (QED) is 0.889. The molecule has 2 heterocycles. The summed E-state index contributed by atoms with van der Waals surface area (Å²) in [5, 5.41) is 13.5. The molecule has 1 fully saturated rings. The minimum atomic E-state index is -2.83. The van der Waals surface area contributed by atoms with Crippen LogP contribution in [-0.2, 0) is 16.3 Å². The molecule has 0 aromatic carbocycles. The van der Waals surface area contributed by atoms with Gasteiger partial charge in [0.05, 0.1) is 11.5 Å². The van der Waals surface area contributed by atoms with Crippen molar-refractivity contribution >= 4 is 21.2 Å². The molecule has 1 aromatic heterocycles. The summed E-state index contributed by atoms with van der Waals surface area (Å²) in [6.45, 7) is 0.102. The third-order valence-corrected chi connectivity index (χ3v) is 6.08. The van der Waals surface area contributed by atoms with Crippen LogP contribution in [-0.4, -0.2) is 31.6 Å². The SMILES string of the molecule is O=S1(=O)CCC(C(CO)CCc2ccsc2)C1. The van der Waals surface area contributed by atoms with Gasteiger partial charge in [0.15, 0.2) is 9.84 Å². The van der Waals surface area contributed by atoms with Gasteiger partial charge >= 0.3 is 0 Å². The second-order valence-electron chi connectivity index (χ2n) is 4.78. The topological polar surface area (TPSA) is 54.4 Å². The molecule has 1 N–H and O–H groups in total. The Morgan fingerprint density at radius 1 is 1.53 bits per heavy atom. The van der Waals surface area contributed by atoms with Crippen LogP contribution in [0.4, 0.5) is 0 Å². The third kappa shape index (κ3) is 3.53. The number of aliphatic hydroxyl groups is 1. The summed E-state index contributed by atoms with van der Waals surface area (Å²) in [5.74, 6) is 0.852. The van der Waals surface area contributed by atoms with Crippen LogP contribution in [0.5, 0.6) is 0 Å². The number of aryl methyl sites for hydroxylation is 1. The van der Waals surface area contributed by atoms with Crippen molar-refractivity contribution in [3.8, 4) is 0 Å². The van der Waals surface area contributed by atoms with E-state index in [2.05, 4.69) is 11.4 Å². The van der Waals surface area contributed by atoms with E-state index in [-0.39, 0.29) is 24.2 Å². The van der Waals surface area contributed by atoms with E-state index in [1.165, 1.54) is 5.56 Å². The van der Waals surface area contributed by atoms with Gasteiger partial charge in [-0.1, -0.05) is 0 Å². The van der Waals surface area contributed by atoms with Crippen molar-refractivity contribution in [1.29, 1.82) is 0 Å². The fourth-order valence-electron chi connectivity index (χ4n) is 2.46. The smallest absolute Gasteiger partial charge is 0.150 e. The predicted molar refractivity (Wildman–Crippen MR) is 70.0 cm³/mol. The molecule has 2 rings (SSSR count). The van der Waals surface area contributed by atoms with Crippen molar-refractivity contribution < 1.29 is 13.5 Å². The van der Waals surface area contributed by atoms with Crippen molar-refractivity contribution in [1.82, 2.24) is 0 Å². The van der Waals surface area contributed by atoms with Crippen LogP contribution in [0.1, 0.15) is 18.4 Å². The van der Waals surface area contributed by atoms with Gasteiger partial charge in [-0.05, 0) is 53.5 Å². The Morgan fingerprint density at radius 2 is 2.35 bits per heavy atom. The second kappa shape index (κ2) is 5.50. The van der Waals surface area contributed by atoms with E-state index in [4.69, 9.17) is 0 Å². The molecule has 5 heteroatoms. The van der Waals surface area contributed by atoms with Gasteiger partial charge in [-0.25, -0.2) is 8.42 Å². The van der Waals surface area contributed by atoms with Crippen molar-refractivity contribution in [2.75, 3.05) is 18.1 Å². The minimum Gasteiger partial charge on any atom is -0.396 e. The average molecular weight is 274 g/mol. The number of aliphatic hydroxyl groups excluding tert-OH is 1. The van der Waals surface area contributed by atoms with Crippen molar-refractivity contribution in [2.45, 2.75) is 19.3 Å². The molecule has 96 valence electrons. The first kappa shape index (κ1) is 13.1. The lowest BCUT2D eigenvalue weighted by molar-refractivity contribution is 0.176. The Labute approximate surface area is 106 Å². The molecule has 2 atom stereocenters. The van der Waals surface area contributed by atoms with E-state index in [0.717, 1.165) is 19.3 Å². The summed E-state index contributed by atoms with van der Waals surface area (Å²) < 4.78 is 22.8. The van der Waals surface area contributed by atoms with E-state index >= 15 is 0 Å². The first-order chi connectivity index (χ1) is 8.11. The van der Waals surface area contributed by atoms with E-state index in [1.807, 2.05) is 5.38 Å². The van der Waals surface area contributed by atoms with E-state index in [9.17, 15) is 13.5 Å². The van der Waals surface area contributed by atoms with Crippen LogP contribution >= 0.6 is 11.3 Å². The zero-order valence-electron chi connectivity index (χ0n) is 9.71. The van der Waals surface area contributed by atoms with Gasteiger partial charge in [0.2, 0.25) is 0 Å². The molecule has 0 radical (unpaired) electrons. The Balaban J connectivity index is 1.89. The minimum absolute atomic E-state index is 0.102. The summed E-state index contributed by atoms with van der Waals surface area (Å²) >= 11 is 1.67. The molecule has 1 aliphatic heterocycles. The standard InChI is InChI=1S/C12H18O3S2/c13-7-11(2-1-10-3-5-16-8-10)12-4-6-17(14,15)9-12/h3,5,8,11-13H,1-2,4,6-7,9H2. The van der Waals surface area contributed by atoms with Gasteiger partial charge in [-0.2, -0.15) is 11.3 Å². The summed E-state index contributed by atoms with van der Waals surface area (Å²) in [4.78, 5) is 0. The van der Waals surface area contributed by atoms with Crippen LogP contribution < -0.4 is 0 Å². The molecule has 0 aliphatic carbocycles. The molecular weight excluding hydrogens is 256 g/mol. The fraction of sp³-hybridized carbons (Fsp3) is 0.667. The highest BCUT2D eigenvalue weighted by Gasteiger charge is 2.32. The number of hydrogen-bond donors (Lipinski definition) is 1. The van der Waals surface area contributed by atoms with Gasteiger partial charge < -0.3 is 5.11 Å². The summed E-state index contributed by atoms with van der Waals surface area (Å²) in [6, 6.07) is 2.09. The first-order valence-corrected chi connectivity index (χ1v) is 8.69. The molecule has 0 spiro atoms. The maximum Gasteiger partial charge on any atom is 0.150 e. The maximum atomic E-state index is 11.4. The molecule has 1 aromatic rings. The Morgan fingerprint density at radius 3 is 2.88 bits per heavy atom. The zero-order valence-corrected chi connectivity index (χ0v) is 11.3. The van der Waals surface area contributed by atoms with E-state index in [1.54, 1.807) is 11.3 Å². The highest BCUT2D eigenvalue weighted by atomic mass is 32.2. The lowest BCUT2D eigenvalue weighted by Gasteiger charge is -2.19. The lowest BCUT2D eigenvalue weighted by Crippen LogP contribution is -2.20. The van der Waals surface area contributed by atoms with Crippen LogP contribution in [0.25, 0.3) is 0 Å². The van der Waals surface area contributed by atoms with Crippen molar-refractivity contribution in [2.24, 2.45) is 11.8 Å². The van der Waals surface area contributed by atoms with Crippen LogP contribution in [0.15, 0.2) is 16.8 Å². The predicted octanol–water partition coefficient (Wildman–Crippen LogP) is 1.72. The average Bonchev–Trinajstić information content (AvgIpc) is 2.89. The Bertz CT molecular complexity index is 436. The van der Waals surface area contributed by atoms with Gasteiger partial charge in [0.1, 0.15) is 0 Å². The number of hydrogen-bond acceptors (Lipinski definition) is 4. The molecule has 0 saturated carbocycles. The third-order valence-electron chi connectivity index (χ3n) is 3.55. The van der Waals surface area contributed by atoms with Crippen molar-refractivity contribution in [3.63, 3.8) is 0 Å². The molecule has 0 amide bonds. The number of sulfone groups is 1. The highest BCUT2D eigenvalue weighted by Crippen LogP contribution is 2.29. The Hall–Kier alpha value is -0.390. The normalized spacial score (nSPS) is 24.9. The first-order valence-electron chi connectivity index (χ1n) is 5.93. The van der Waals surface area contributed by atoms with Crippen LogP contribution in [0.2, 0.25) is 0 Å². The zero-order chi connectivity index (χ0) is 12.3. The molecule has 2 unspecified atom stereocenters.